The molecule has 0 fully saturated rings. The second kappa shape index (κ2) is 8.36. The first-order valence-corrected chi connectivity index (χ1v) is 7.35. The molecule has 0 bridgehead atoms. The summed E-state index contributed by atoms with van der Waals surface area (Å²) >= 11 is 11.8. The van der Waals surface area contributed by atoms with Crippen LogP contribution in [0.2, 0.25) is 5.02 Å². The molecule has 0 amide bonds. The number of hydrogen-bond acceptors (Lipinski definition) is 3. The molecule has 0 aliphatic heterocycles. The minimum atomic E-state index is -0.0315. The van der Waals surface area contributed by atoms with Crippen LogP contribution in [0.4, 0.5) is 0 Å². The van der Waals surface area contributed by atoms with Crippen molar-refractivity contribution in [3.05, 3.63) is 58.1 Å². The van der Waals surface area contributed by atoms with Crippen LogP contribution < -0.4 is 10.9 Å². The Kier molecular flexibility index (Phi) is 6.18. The van der Waals surface area contributed by atoms with Gasteiger partial charge in [0.25, 0.3) is 0 Å². The van der Waals surface area contributed by atoms with Crippen molar-refractivity contribution in [1.82, 2.24) is 10.9 Å². The lowest BCUT2D eigenvalue weighted by Gasteiger charge is -2.08. The molecule has 0 heterocycles. The van der Waals surface area contributed by atoms with Crippen LogP contribution >= 0.6 is 23.2 Å². The third kappa shape index (κ3) is 5.71. The quantitative estimate of drug-likeness (QED) is 0.447. The molecular weight excluding hydrogens is 321 g/mol. The van der Waals surface area contributed by atoms with Gasteiger partial charge in [-0.15, -0.1) is 0 Å². The lowest BCUT2D eigenvalue weighted by Crippen LogP contribution is -2.29. The van der Waals surface area contributed by atoms with Gasteiger partial charge in [0.15, 0.2) is 0 Å². The number of nitrogens with zero attached hydrogens (tertiary/aromatic N) is 2. The Morgan fingerprint density at radius 2 is 2.09 bits per heavy atom. The predicted molar refractivity (Wildman–Crippen MR) is 92.7 cm³/mol. The summed E-state index contributed by atoms with van der Waals surface area (Å²) in [5.41, 5.74) is 5.91. The molecule has 0 radical (unpaired) electrons. The smallest absolute Gasteiger partial charge is 0.230 e. The molecular formula is C15H15Cl2N5. The van der Waals surface area contributed by atoms with Gasteiger partial charge in [0.05, 0.1) is 6.21 Å². The van der Waals surface area contributed by atoms with Gasteiger partial charge >= 0.3 is 0 Å². The van der Waals surface area contributed by atoms with Gasteiger partial charge in [-0.05, 0) is 30.2 Å². The van der Waals surface area contributed by atoms with E-state index in [1.165, 1.54) is 0 Å². The Labute approximate surface area is 138 Å². The summed E-state index contributed by atoms with van der Waals surface area (Å²) in [6.07, 6.45) is 9.85. The van der Waals surface area contributed by atoms with Gasteiger partial charge in [0.2, 0.25) is 5.96 Å². The highest BCUT2D eigenvalue weighted by Gasteiger charge is 2.05. The zero-order valence-corrected chi connectivity index (χ0v) is 13.1. The monoisotopic (exact) mass is 335 g/mol. The first-order chi connectivity index (χ1) is 10.6. The van der Waals surface area contributed by atoms with Gasteiger partial charge in [-0.25, -0.2) is 10.9 Å². The molecule has 1 aromatic carbocycles. The normalized spacial score (nSPS) is 17.7. The average Bonchev–Trinajstić information content (AvgIpc) is 2.47. The van der Waals surface area contributed by atoms with Gasteiger partial charge in [0.1, 0.15) is 0 Å². The fourth-order valence-corrected chi connectivity index (χ4v) is 2.20. The number of halogens is 2. The molecule has 0 spiro atoms. The first-order valence-electron chi connectivity index (χ1n) is 6.60. The minimum absolute atomic E-state index is 0.0315. The van der Waals surface area contributed by atoms with Crippen LogP contribution in [0.5, 0.6) is 0 Å². The highest BCUT2D eigenvalue weighted by molar-refractivity contribution is 6.31. The Balaban J connectivity index is 1.75. The number of hydrogen-bond donors (Lipinski definition) is 3. The van der Waals surface area contributed by atoms with Crippen LogP contribution in [-0.2, 0) is 0 Å². The number of nitrogens with one attached hydrogen (secondary N) is 3. The lowest BCUT2D eigenvalue weighted by atomic mass is 10.0. The molecule has 1 aliphatic carbocycles. The van der Waals surface area contributed by atoms with Gasteiger partial charge in [-0.3, -0.25) is 5.41 Å². The van der Waals surface area contributed by atoms with Gasteiger partial charge < -0.3 is 0 Å². The van der Waals surface area contributed by atoms with Crippen molar-refractivity contribution in [3.63, 3.8) is 0 Å². The highest BCUT2D eigenvalue weighted by Crippen LogP contribution is 2.17. The number of hydrazone groups is 2. The van der Waals surface area contributed by atoms with Crippen molar-refractivity contribution >= 4 is 41.6 Å². The highest BCUT2D eigenvalue weighted by atomic mass is 35.5. The molecule has 22 heavy (non-hydrogen) atoms. The van der Waals surface area contributed by atoms with Crippen molar-refractivity contribution in [3.8, 4) is 0 Å². The largest absolute Gasteiger partial charge is 0.266 e. The van der Waals surface area contributed by atoms with E-state index in [9.17, 15) is 0 Å². The summed E-state index contributed by atoms with van der Waals surface area (Å²) in [4.78, 5) is 0. The fraction of sp³-hybridized carbons (Fsp3) is 0.133. The fourth-order valence-electron chi connectivity index (χ4n) is 1.75. The molecule has 1 atom stereocenters. The van der Waals surface area contributed by atoms with Crippen LogP contribution in [0.3, 0.4) is 0 Å². The van der Waals surface area contributed by atoms with Crippen LogP contribution in [0.15, 0.2) is 57.7 Å². The van der Waals surface area contributed by atoms with Gasteiger partial charge in [-0.1, -0.05) is 47.5 Å². The van der Waals surface area contributed by atoms with E-state index in [1.54, 1.807) is 24.6 Å². The molecule has 3 N–H and O–H groups in total. The Hall–Kier alpha value is -2.11. The molecule has 1 aliphatic rings. The van der Waals surface area contributed by atoms with E-state index in [2.05, 4.69) is 21.1 Å². The topological polar surface area (TPSA) is 72.6 Å². The lowest BCUT2D eigenvalue weighted by molar-refractivity contribution is 0.847. The second-order valence-electron chi connectivity index (χ2n) is 4.54. The third-order valence-electron chi connectivity index (χ3n) is 2.74. The van der Waals surface area contributed by atoms with Crippen molar-refractivity contribution in [2.24, 2.45) is 16.1 Å². The predicted octanol–water partition coefficient (Wildman–Crippen LogP) is 3.47. The first kappa shape index (κ1) is 16.3. The maximum absolute atomic E-state index is 7.62. The van der Waals surface area contributed by atoms with Crippen LogP contribution in [0, 0.1) is 11.3 Å². The van der Waals surface area contributed by atoms with Crippen molar-refractivity contribution in [2.75, 3.05) is 0 Å². The molecule has 114 valence electrons. The van der Waals surface area contributed by atoms with Crippen molar-refractivity contribution in [2.45, 2.75) is 6.42 Å². The number of benzene rings is 1. The zero-order chi connectivity index (χ0) is 15.8. The second-order valence-corrected chi connectivity index (χ2v) is 5.42. The molecule has 0 saturated heterocycles. The van der Waals surface area contributed by atoms with Gasteiger partial charge in [-0.2, -0.15) is 10.2 Å². The van der Waals surface area contributed by atoms with E-state index in [0.717, 1.165) is 12.0 Å². The number of allylic oxidation sites excluding steroid dienone is 4. The Morgan fingerprint density at radius 1 is 1.27 bits per heavy atom. The maximum atomic E-state index is 7.62. The van der Waals surface area contributed by atoms with E-state index in [4.69, 9.17) is 28.6 Å². The van der Waals surface area contributed by atoms with E-state index in [-0.39, 0.29) is 11.9 Å². The van der Waals surface area contributed by atoms with Crippen molar-refractivity contribution < 1.29 is 0 Å². The third-order valence-corrected chi connectivity index (χ3v) is 3.23. The van der Waals surface area contributed by atoms with Gasteiger partial charge in [0, 0.05) is 22.2 Å². The van der Waals surface area contributed by atoms with Crippen LogP contribution in [0.1, 0.15) is 12.0 Å². The molecule has 0 saturated carbocycles. The standard InChI is InChI=1S/C15H15Cl2N5/c16-13-5-1-3-11(7-13)9-19-21-15(18)22-20-10-12-4-2-6-14(17)8-12/h1-3,5-10,12H,4H2,(H3,18,21,22)/b19-9+,20-10+. The van der Waals surface area contributed by atoms with E-state index in [0.29, 0.717) is 10.1 Å². The van der Waals surface area contributed by atoms with Crippen LogP contribution in [0.25, 0.3) is 0 Å². The van der Waals surface area contributed by atoms with E-state index in [1.807, 2.05) is 30.4 Å². The molecule has 1 aromatic rings. The van der Waals surface area contributed by atoms with E-state index >= 15 is 0 Å². The summed E-state index contributed by atoms with van der Waals surface area (Å²) in [5.74, 6) is 0.101. The summed E-state index contributed by atoms with van der Waals surface area (Å²) in [6, 6.07) is 7.24. The summed E-state index contributed by atoms with van der Waals surface area (Å²) in [7, 11) is 0. The number of rotatable bonds is 4. The summed E-state index contributed by atoms with van der Waals surface area (Å²) in [6.45, 7) is 0. The summed E-state index contributed by atoms with van der Waals surface area (Å²) in [5, 5.41) is 16.8. The molecule has 0 aromatic heterocycles. The Morgan fingerprint density at radius 3 is 2.86 bits per heavy atom. The molecule has 7 heteroatoms. The maximum Gasteiger partial charge on any atom is 0.230 e. The summed E-state index contributed by atoms with van der Waals surface area (Å²) < 4.78 is 0. The van der Waals surface area contributed by atoms with E-state index < -0.39 is 0 Å². The Bertz CT molecular complexity index is 649. The SMILES string of the molecule is N=C(N/N=C/c1cccc(Cl)c1)N/N=C/C1C=C(Cl)C=CC1. The van der Waals surface area contributed by atoms with Crippen LogP contribution in [-0.4, -0.2) is 18.4 Å². The average molecular weight is 336 g/mol. The minimum Gasteiger partial charge on any atom is -0.266 e. The molecule has 5 nitrogen and oxygen atoms in total. The molecule has 1 unspecified atom stereocenters. The number of guanidine groups is 1. The zero-order valence-electron chi connectivity index (χ0n) is 11.6. The molecule has 2 rings (SSSR count). The van der Waals surface area contributed by atoms with Crippen molar-refractivity contribution in [1.29, 1.82) is 5.41 Å².